The number of fused-ring (bicyclic) bond motifs is 1. The van der Waals surface area contributed by atoms with E-state index in [-0.39, 0.29) is 18.3 Å². The Morgan fingerprint density at radius 3 is 2.58 bits per heavy atom. The minimum Gasteiger partial charge on any atom is -0.474 e. The van der Waals surface area contributed by atoms with Gasteiger partial charge < -0.3 is 19.4 Å². The van der Waals surface area contributed by atoms with Crippen molar-refractivity contribution in [2.75, 3.05) is 18.5 Å². The summed E-state index contributed by atoms with van der Waals surface area (Å²) in [6, 6.07) is 1.99. The van der Waals surface area contributed by atoms with Crippen molar-refractivity contribution in [1.82, 2.24) is 4.98 Å². The van der Waals surface area contributed by atoms with Crippen LogP contribution in [-0.2, 0) is 9.31 Å². The zero-order valence-electron chi connectivity index (χ0n) is 11.8. The summed E-state index contributed by atoms with van der Waals surface area (Å²) in [7, 11) is -0.383. The van der Waals surface area contributed by atoms with Crippen molar-refractivity contribution in [3.63, 3.8) is 0 Å². The predicted octanol–water partition coefficient (Wildman–Crippen LogP) is 1.19. The molecular weight excluding hydrogens is 243 g/mol. The highest BCUT2D eigenvalue weighted by molar-refractivity contribution is 6.62. The molecule has 0 spiro atoms. The molecule has 102 valence electrons. The molecule has 5 nitrogen and oxygen atoms in total. The van der Waals surface area contributed by atoms with E-state index in [1.54, 1.807) is 6.20 Å². The normalized spacial score (nSPS) is 23.5. The molecule has 0 unspecified atom stereocenters. The van der Waals surface area contributed by atoms with Gasteiger partial charge >= 0.3 is 7.12 Å². The number of aromatic nitrogens is 1. The van der Waals surface area contributed by atoms with Crippen molar-refractivity contribution in [3.05, 3.63) is 12.3 Å². The summed E-state index contributed by atoms with van der Waals surface area (Å²) in [4.78, 5) is 4.31. The fourth-order valence-electron chi connectivity index (χ4n) is 2.15. The molecule has 0 bridgehead atoms. The van der Waals surface area contributed by atoms with Gasteiger partial charge in [-0.05, 0) is 33.8 Å². The second kappa shape index (κ2) is 4.11. The quantitative estimate of drug-likeness (QED) is 0.770. The average Bonchev–Trinajstić information content (AvgIpc) is 2.58. The van der Waals surface area contributed by atoms with E-state index in [1.807, 2.05) is 33.8 Å². The predicted molar refractivity (Wildman–Crippen MR) is 73.9 cm³/mol. The van der Waals surface area contributed by atoms with E-state index in [0.717, 1.165) is 17.7 Å². The van der Waals surface area contributed by atoms with Crippen LogP contribution in [0.5, 0.6) is 5.88 Å². The highest BCUT2D eigenvalue weighted by atomic mass is 16.7. The first-order valence-corrected chi connectivity index (χ1v) is 6.61. The smallest absolute Gasteiger partial charge is 0.474 e. The molecule has 0 atom stereocenters. The molecule has 0 aliphatic carbocycles. The number of nitrogens with zero attached hydrogens (tertiary/aromatic N) is 1. The van der Waals surface area contributed by atoms with Crippen LogP contribution in [0.1, 0.15) is 27.7 Å². The lowest BCUT2D eigenvalue weighted by Gasteiger charge is -2.32. The van der Waals surface area contributed by atoms with Crippen molar-refractivity contribution in [1.29, 1.82) is 0 Å². The molecule has 0 saturated carbocycles. The van der Waals surface area contributed by atoms with Crippen LogP contribution < -0.4 is 15.5 Å². The zero-order chi connectivity index (χ0) is 13.7. The first-order chi connectivity index (χ1) is 8.89. The summed E-state index contributed by atoms with van der Waals surface area (Å²) in [5, 5.41) is 3.27. The van der Waals surface area contributed by atoms with Crippen LogP contribution in [0.4, 0.5) is 5.69 Å². The van der Waals surface area contributed by atoms with Gasteiger partial charge in [0, 0.05) is 18.2 Å². The van der Waals surface area contributed by atoms with E-state index in [2.05, 4.69) is 10.3 Å². The molecule has 0 amide bonds. The lowest BCUT2D eigenvalue weighted by atomic mass is 9.80. The number of nitrogens with one attached hydrogen (secondary N) is 1. The molecule has 3 heterocycles. The fourth-order valence-corrected chi connectivity index (χ4v) is 2.15. The van der Waals surface area contributed by atoms with Crippen LogP contribution in [0.25, 0.3) is 0 Å². The standard InChI is InChI=1S/C13H19BN2O3/c1-12(2)13(3,4)19-14(18-12)9-7-10-11(16-8-9)17-6-5-15-10/h7-8,15H,5-6H2,1-4H3. The third-order valence-corrected chi connectivity index (χ3v) is 4.05. The summed E-state index contributed by atoms with van der Waals surface area (Å²) >= 11 is 0. The van der Waals surface area contributed by atoms with Gasteiger partial charge in [-0.3, -0.25) is 0 Å². The Balaban J connectivity index is 1.88. The molecule has 0 aromatic carbocycles. The van der Waals surface area contributed by atoms with Crippen molar-refractivity contribution in [3.8, 4) is 5.88 Å². The van der Waals surface area contributed by atoms with Crippen LogP contribution >= 0.6 is 0 Å². The number of ether oxygens (including phenoxy) is 1. The van der Waals surface area contributed by atoms with E-state index in [9.17, 15) is 0 Å². The van der Waals surface area contributed by atoms with Gasteiger partial charge in [-0.15, -0.1) is 0 Å². The van der Waals surface area contributed by atoms with E-state index < -0.39 is 0 Å². The first-order valence-electron chi connectivity index (χ1n) is 6.61. The minimum absolute atomic E-state index is 0.336. The summed E-state index contributed by atoms with van der Waals surface area (Å²) < 4.78 is 17.5. The third-order valence-electron chi connectivity index (χ3n) is 4.05. The number of anilines is 1. The van der Waals surface area contributed by atoms with Crippen molar-refractivity contribution in [2.45, 2.75) is 38.9 Å². The first kappa shape index (κ1) is 12.8. The summed E-state index contributed by atoms with van der Waals surface area (Å²) in [5.74, 6) is 0.645. The maximum atomic E-state index is 6.01. The Labute approximate surface area is 113 Å². The molecule has 2 aliphatic rings. The van der Waals surface area contributed by atoms with Gasteiger partial charge in [0.1, 0.15) is 6.61 Å². The summed E-state index contributed by atoms with van der Waals surface area (Å²) in [6.07, 6.45) is 1.76. The highest BCUT2D eigenvalue weighted by Crippen LogP contribution is 2.36. The number of hydrogen-bond donors (Lipinski definition) is 1. The van der Waals surface area contributed by atoms with E-state index in [1.165, 1.54) is 0 Å². The molecule has 1 fully saturated rings. The molecule has 1 aromatic rings. The van der Waals surface area contributed by atoms with E-state index in [4.69, 9.17) is 14.0 Å². The van der Waals surface area contributed by atoms with Crippen molar-refractivity contribution in [2.24, 2.45) is 0 Å². The number of hydrogen-bond acceptors (Lipinski definition) is 5. The van der Waals surface area contributed by atoms with Gasteiger partial charge in [0.25, 0.3) is 0 Å². The number of rotatable bonds is 1. The summed E-state index contributed by atoms with van der Waals surface area (Å²) in [6.45, 7) is 9.61. The SMILES string of the molecule is CC1(C)OB(c2cnc3c(c2)NCCO3)OC1(C)C. The molecule has 1 saturated heterocycles. The minimum atomic E-state index is -0.383. The average molecular weight is 262 g/mol. The Morgan fingerprint density at radius 1 is 1.21 bits per heavy atom. The van der Waals surface area contributed by atoms with Gasteiger partial charge in [0.2, 0.25) is 5.88 Å². The number of pyridine rings is 1. The second-order valence-corrected chi connectivity index (χ2v) is 5.98. The van der Waals surface area contributed by atoms with Crippen LogP contribution in [0.15, 0.2) is 12.3 Å². The fraction of sp³-hybridized carbons (Fsp3) is 0.615. The van der Waals surface area contributed by atoms with Gasteiger partial charge in [-0.1, -0.05) is 0 Å². The largest absolute Gasteiger partial charge is 0.496 e. The van der Waals surface area contributed by atoms with Crippen molar-refractivity contribution < 1.29 is 14.0 Å². The van der Waals surface area contributed by atoms with Crippen LogP contribution in [0.3, 0.4) is 0 Å². The molecule has 19 heavy (non-hydrogen) atoms. The Morgan fingerprint density at radius 2 is 1.89 bits per heavy atom. The maximum absolute atomic E-state index is 6.01. The van der Waals surface area contributed by atoms with Gasteiger partial charge in [0.15, 0.2) is 0 Å². The van der Waals surface area contributed by atoms with Crippen molar-refractivity contribution >= 4 is 18.3 Å². The maximum Gasteiger partial charge on any atom is 0.496 e. The van der Waals surface area contributed by atoms with Crippen LogP contribution in [0.2, 0.25) is 0 Å². The Bertz CT molecular complexity index is 489. The molecule has 1 aromatic heterocycles. The second-order valence-electron chi connectivity index (χ2n) is 5.98. The van der Waals surface area contributed by atoms with E-state index >= 15 is 0 Å². The van der Waals surface area contributed by atoms with Gasteiger partial charge in [0.05, 0.1) is 16.9 Å². The Hall–Kier alpha value is -1.27. The van der Waals surface area contributed by atoms with Crippen LogP contribution in [0, 0.1) is 0 Å². The highest BCUT2D eigenvalue weighted by Gasteiger charge is 2.51. The summed E-state index contributed by atoms with van der Waals surface area (Å²) in [5.41, 5.74) is 1.14. The lowest BCUT2D eigenvalue weighted by Crippen LogP contribution is -2.41. The molecule has 6 heteroatoms. The monoisotopic (exact) mass is 262 g/mol. The molecule has 2 aliphatic heterocycles. The molecular formula is C13H19BN2O3. The Kier molecular flexibility index (Phi) is 2.76. The lowest BCUT2D eigenvalue weighted by molar-refractivity contribution is 0.00578. The van der Waals surface area contributed by atoms with Gasteiger partial charge in [-0.25, -0.2) is 4.98 Å². The zero-order valence-corrected chi connectivity index (χ0v) is 11.8. The van der Waals surface area contributed by atoms with E-state index in [0.29, 0.717) is 12.5 Å². The van der Waals surface area contributed by atoms with Gasteiger partial charge in [-0.2, -0.15) is 0 Å². The third kappa shape index (κ3) is 2.09. The molecule has 0 radical (unpaired) electrons. The topological polar surface area (TPSA) is 52.6 Å². The molecule has 1 N–H and O–H groups in total. The van der Waals surface area contributed by atoms with Crippen LogP contribution in [-0.4, -0.2) is 36.5 Å². The molecule has 3 rings (SSSR count).